The summed E-state index contributed by atoms with van der Waals surface area (Å²) in [5.74, 6) is -0.718. The highest BCUT2D eigenvalue weighted by molar-refractivity contribution is 6.08. The van der Waals surface area contributed by atoms with E-state index in [-0.39, 0.29) is 23.7 Å². The first-order valence-corrected chi connectivity index (χ1v) is 13.4. The summed E-state index contributed by atoms with van der Waals surface area (Å²) in [7, 11) is 3.03. The van der Waals surface area contributed by atoms with Gasteiger partial charge in [0.15, 0.2) is 0 Å². The minimum absolute atomic E-state index is 0.101. The molecule has 7 heteroatoms. The second-order valence-electron chi connectivity index (χ2n) is 9.94. The number of methoxy groups -OCH3 is 2. The number of aromatic carboxylic acids is 1. The number of ether oxygens (including phenoxy) is 2. The maximum Gasteiger partial charge on any atom is 0.336 e. The molecule has 0 unspecified atom stereocenters. The Morgan fingerprint density at radius 3 is 2.19 bits per heavy atom. The minimum atomic E-state index is -1.06. The fourth-order valence-electron chi connectivity index (χ4n) is 5.34. The van der Waals surface area contributed by atoms with Gasteiger partial charge in [0.25, 0.3) is 0 Å². The van der Waals surface area contributed by atoms with E-state index in [9.17, 15) is 19.1 Å². The van der Waals surface area contributed by atoms with E-state index >= 15 is 0 Å². The van der Waals surface area contributed by atoms with Crippen molar-refractivity contribution in [2.24, 2.45) is 0 Å². The molecule has 5 rings (SSSR count). The number of hydrogen-bond donors (Lipinski definition) is 2. The van der Waals surface area contributed by atoms with Gasteiger partial charge in [-0.15, -0.1) is 0 Å². The van der Waals surface area contributed by atoms with Crippen molar-refractivity contribution in [3.05, 3.63) is 124 Å². The lowest BCUT2D eigenvalue weighted by Crippen LogP contribution is -2.22. The highest BCUT2D eigenvalue weighted by Gasteiger charge is 2.26. The molecule has 4 aromatic carbocycles. The largest absolute Gasteiger partial charge is 0.496 e. The Kier molecular flexibility index (Phi) is 8.20. The molecule has 0 spiro atoms. The van der Waals surface area contributed by atoms with Crippen LogP contribution in [-0.4, -0.2) is 31.2 Å². The lowest BCUT2D eigenvalue weighted by Gasteiger charge is -2.17. The van der Waals surface area contributed by atoms with Crippen molar-refractivity contribution in [1.29, 1.82) is 0 Å². The Morgan fingerprint density at radius 2 is 1.52 bits per heavy atom. The van der Waals surface area contributed by atoms with Crippen LogP contribution < -0.4 is 14.8 Å². The van der Waals surface area contributed by atoms with Crippen molar-refractivity contribution in [3.8, 4) is 22.6 Å². The number of rotatable bonds is 9. The van der Waals surface area contributed by atoms with Gasteiger partial charge < -0.3 is 19.9 Å². The molecule has 1 aliphatic rings. The number of fused-ring (bicyclic) bond motifs is 1. The van der Waals surface area contributed by atoms with Gasteiger partial charge in [-0.1, -0.05) is 54.6 Å². The van der Waals surface area contributed by atoms with Crippen molar-refractivity contribution in [1.82, 2.24) is 5.32 Å². The molecule has 0 aromatic heterocycles. The first-order chi connectivity index (χ1) is 20.3. The summed E-state index contributed by atoms with van der Waals surface area (Å²) in [6, 6.07) is 24.5. The topological polar surface area (TPSA) is 84.9 Å². The number of nitrogens with one attached hydrogen (secondary N) is 1. The molecule has 0 bridgehead atoms. The highest BCUT2D eigenvalue weighted by atomic mass is 19.1. The molecule has 212 valence electrons. The van der Waals surface area contributed by atoms with Crippen LogP contribution in [0, 0.1) is 5.82 Å². The predicted octanol–water partition coefficient (Wildman–Crippen LogP) is 7.24. The first kappa shape index (κ1) is 28.4. The minimum Gasteiger partial charge on any atom is -0.496 e. The third-order valence-electron chi connectivity index (χ3n) is 7.39. The zero-order valence-electron chi connectivity index (χ0n) is 23.5. The zero-order chi connectivity index (χ0) is 29.8. The molecule has 0 atom stereocenters. The van der Waals surface area contributed by atoms with Crippen molar-refractivity contribution >= 4 is 29.1 Å². The molecule has 42 heavy (non-hydrogen) atoms. The van der Waals surface area contributed by atoms with Gasteiger partial charge in [0.05, 0.1) is 31.8 Å². The zero-order valence-corrected chi connectivity index (χ0v) is 23.5. The average molecular weight is 564 g/mol. The van der Waals surface area contributed by atoms with Crippen molar-refractivity contribution in [3.63, 3.8) is 0 Å². The van der Waals surface area contributed by atoms with E-state index in [0.29, 0.717) is 34.7 Å². The van der Waals surface area contributed by atoms with Crippen molar-refractivity contribution in [2.45, 2.75) is 19.9 Å². The lowest BCUT2D eigenvalue weighted by atomic mass is 9.95. The third kappa shape index (κ3) is 5.67. The number of carboxylic acid groups (broad SMARTS) is 1. The number of hydrogen-bond acceptors (Lipinski definition) is 4. The standard InChI is InChI=1S/C35H30FNO5/c1-21-28(15-23-16-31(41-2)34(32(17-23)42-3)26-11-7-8-12-27(26)35(39)40)25-14-13-24(36)18-30(25)29(21)19-33(38)37-20-22-9-5-4-6-10-22/h4-18H,19-20H2,1-3H3,(H,37,38)(H,39,40)/b28-15-. The van der Waals surface area contributed by atoms with Gasteiger partial charge in [0.2, 0.25) is 5.91 Å². The van der Waals surface area contributed by atoms with Crippen LogP contribution in [0.4, 0.5) is 4.39 Å². The summed E-state index contributed by atoms with van der Waals surface area (Å²) < 4.78 is 25.8. The van der Waals surface area contributed by atoms with Crippen molar-refractivity contribution in [2.75, 3.05) is 14.2 Å². The SMILES string of the molecule is COc1cc(/C=C2/C(C)=C(CC(=O)NCc3ccccc3)c3cc(F)ccc32)cc(OC)c1-c1ccccc1C(=O)O. The monoisotopic (exact) mass is 563 g/mol. The fourth-order valence-corrected chi connectivity index (χ4v) is 5.34. The van der Waals surface area contributed by atoms with E-state index in [1.807, 2.05) is 55.5 Å². The molecular weight excluding hydrogens is 533 g/mol. The molecule has 1 amide bonds. The van der Waals surface area contributed by atoms with Crippen LogP contribution in [0.2, 0.25) is 0 Å². The van der Waals surface area contributed by atoms with Crippen LogP contribution in [0.15, 0.2) is 90.5 Å². The molecule has 2 N–H and O–H groups in total. The van der Waals surface area contributed by atoms with Gasteiger partial charge in [0, 0.05) is 12.1 Å². The Hall–Kier alpha value is -5.17. The van der Waals surface area contributed by atoms with Gasteiger partial charge in [-0.2, -0.15) is 0 Å². The molecule has 0 aliphatic heterocycles. The first-order valence-electron chi connectivity index (χ1n) is 13.4. The molecule has 0 radical (unpaired) electrons. The molecule has 6 nitrogen and oxygen atoms in total. The van der Waals surface area contributed by atoms with Crippen LogP contribution in [0.3, 0.4) is 0 Å². The number of benzene rings is 4. The molecular formula is C35H30FNO5. The van der Waals surface area contributed by atoms with Crippen LogP contribution >= 0.6 is 0 Å². The summed E-state index contributed by atoms with van der Waals surface area (Å²) in [5.41, 5.74) is 6.82. The molecule has 1 aliphatic carbocycles. The van der Waals surface area contributed by atoms with E-state index in [2.05, 4.69) is 5.32 Å². The number of halogens is 1. The fraction of sp³-hybridized carbons (Fsp3) is 0.143. The van der Waals surface area contributed by atoms with Gasteiger partial charge in [-0.25, -0.2) is 9.18 Å². The van der Waals surface area contributed by atoms with E-state index in [0.717, 1.165) is 33.4 Å². The van der Waals surface area contributed by atoms with Gasteiger partial charge >= 0.3 is 5.97 Å². The van der Waals surface area contributed by atoms with Gasteiger partial charge in [-0.3, -0.25) is 4.79 Å². The molecule has 0 saturated carbocycles. The van der Waals surface area contributed by atoms with E-state index in [1.165, 1.54) is 32.4 Å². The van der Waals surface area contributed by atoms with Gasteiger partial charge in [0.1, 0.15) is 17.3 Å². The quantitative estimate of drug-likeness (QED) is 0.224. The van der Waals surface area contributed by atoms with Crippen molar-refractivity contribution < 1.29 is 28.6 Å². The maximum absolute atomic E-state index is 14.4. The van der Waals surface area contributed by atoms with E-state index in [4.69, 9.17) is 9.47 Å². The van der Waals surface area contributed by atoms with Crippen LogP contribution in [0.25, 0.3) is 28.3 Å². The Balaban J connectivity index is 1.54. The van der Waals surface area contributed by atoms with Crippen LogP contribution in [0.1, 0.15) is 46.0 Å². The Bertz CT molecular complexity index is 1710. The lowest BCUT2D eigenvalue weighted by molar-refractivity contribution is -0.120. The second kappa shape index (κ2) is 12.1. The highest BCUT2D eigenvalue weighted by Crippen LogP contribution is 2.46. The second-order valence-corrected chi connectivity index (χ2v) is 9.94. The summed E-state index contributed by atoms with van der Waals surface area (Å²) in [6.45, 7) is 2.33. The maximum atomic E-state index is 14.4. The Labute approximate surface area is 243 Å². The number of allylic oxidation sites excluding steroid dienone is 2. The number of carbonyl (C=O) groups excluding carboxylic acids is 1. The number of amides is 1. The van der Waals surface area contributed by atoms with Crippen LogP contribution in [-0.2, 0) is 11.3 Å². The smallest absolute Gasteiger partial charge is 0.336 e. The summed E-state index contributed by atoms with van der Waals surface area (Å²) in [6.07, 6.45) is 2.04. The molecule has 0 fully saturated rings. The van der Waals surface area contributed by atoms with Gasteiger partial charge in [-0.05, 0) is 82.3 Å². The van der Waals surface area contributed by atoms with E-state index in [1.54, 1.807) is 24.3 Å². The molecule has 0 saturated heterocycles. The molecule has 4 aromatic rings. The van der Waals surface area contributed by atoms with E-state index < -0.39 is 5.97 Å². The third-order valence-corrected chi connectivity index (χ3v) is 7.39. The predicted molar refractivity (Wildman–Crippen MR) is 162 cm³/mol. The summed E-state index contributed by atoms with van der Waals surface area (Å²) >= 11 is 0. The summed E-state index contributed by atoms with van der Waals surface area (Å²) in [5, 5.41) is 12.7. The van der Waals surface area contributed by atoms with Crippen LogP contribution in [0.5, 0.6) is 11.5 Å². The molecule has 0 heterocycles. The number of carboxylic acids is 1. The normalized spacial score (nSPS) is 13.2. The number of carbonyl (C=O) groups is 2. The summed E-state index contributed by atoms with van der Waals surface area (Å²) in [4.78, 5) is 24.9. The average Bonchev–Trinajstić information content (AvgIpc) is 3.25. The Morgan fingerprint density at radius 1 is 0.857 bits per heavy atom.